The van der Waals surface area contributed by atoms with E-state index in [0.717, 1.165) is 17.8 Å². The van der Waals surface area contributed by atoms with Crippen LogP contribution in [-0.2, 0) is 11.9 Å². The van der Waals surface area contributed by atoms with Crippen LogP contribution >= 0.6 is 23.4 Å². The van der Waals surface area contributed by atoms with E-state index in [2.05, 4.69) is 10.2 Å². The lowest BCUT2D eigenvalue weighted by molar-refractivity contribution is -0.137. The highest BCUT2D eigenvalue weighted by molar-refractivity contribution is 7.98. The zero-order valence-electron chi connectivity index (χ0n) is 12.3. The van der Waals surface area contributed by atoms with Gasteiger partial charge in [0.15, 0.2) is 10.8 Å². The van der Waals surface area contributed by atoms with Gasteiger partial charge in [0, 0.05) is 11.9 Å². The maximum atomic E-state index is 12.9. The molecule has 0 bridgehead atoms. The Hall–Kier alpha value is -1.93. The Morgan fingerprint density at radius 1 is 1.25 bits per heavy atom. The van der Waals surface area contributed by atoms with Crippen LogP contribution in [0.15, 0.2) is 41.7 Å². The van der Waals surface area contributed by atoms with E-state index >= 15 is 0 Å². The molecule has 4 nitrogen and oxygen atoms in total. The molecule has 0 fully saturated rings. The van der Waals surface area contributed by atoms with Crippen molar-refractivity contribution < 1.29 is 17.9 Å². The average Bonchev–Trinajstić information content (AvgIpc) is 2.96. The molecule has 24 heavy (non-hydrogen) atoms. The van der Waals surface area contributed by atoms with E-state index in [1.165, 1.54) is 16.2 Å². The van der Waals surface area contributed by atoms with E-state index in [-0.39, 0.29) is 10.7 Å². The van der Waals surface area contributed by atoms with Crippen LogP contribution in [0.1, 0.15) is 11.1 Å². The Balaban J connectivity index is 1.90. The molecule has 0 aliphatic rings. The smallest absolute Gasteiger partial charge is 0.417 e. The Bertz CT molecular complexity index is 882. The van der Waals surface area contributed by atoms with Crippen LogP contribution < -0.4 is 4.74 Å². The van der Waals surface area contributed by atoms with Gasteiger partial charge in [-0.05, 0) is 23.8 Å². The molecule has 9 heteroatoms. The summed E-state index contributed by atoms with van der Waals surface area (Å²) in [5.41, 5.74) is 0.301. The molecule has 0 aliphatic carbocycles. The van der Waals surface area contributed by atoms with Crippen LogP contribution in [0.2, 0.25) is 5.02 Å². The summed E-state index contributed by atoms with van der Waals surface area (Å²) in [4.78, 5) is 0. The fourth-order valence-corrected chi connectivity index (χ4v) is 3.20. The minimum absolute atomic E-state index is 0.0921. The number of fused-ring (bicyclic) bond motifs is 1. The molecule has 3 aromatic rings. The molecular weight excluding hydrogens is 363 g/mol. The number of benzene rings is 1. The Morgan fingerprint density at radius 3 is 2.75 bits per heavy atom. The van der Waals surface area contributed by atoms with Crippen molar-refractivity contribution in [3.8, 4) is 5.75 Å². The van der Waals surface area contributed by atoms with Crippen LogP contribution in [0.4, 0.5) is 13.2 Å². The molecule has 0 aliphatic heterocycles. The van der Waals surface area contributed by atoms with Crippen LogP contribution in [0.5, 0.6) is 5.75 Å². The second-order valence-electron chi connectivity index (χ2n) is 4.89. The van der Waals surface area contributed by atoms with E-state index in [4.69, 9.17) is 16.3 Å². The lowest BCUT2D eigenvalue weighted by Crippen LogP contribution is -2.07. The van der Waals surface area contributed by atoms with E-state index in [1.54, 1.807) is 7.11 Å². The Kier molecular flexibility index (Phi) is 4.60. The fraction of sp³-hybridized carbons (Fsp3) is 0.200. The number of nitrogens with zero attached hydrogens (tertiary/aromatic N) is 3. The summed E-state index contributed by atoms with van der Waals surface area (Å²) in [5.74, 6) is 1.22. The highest BCUT2D eigenvalue weighted by atomic mass is 35.5. The first-order valence-corrected chi connectivity index (χ1v) is 8.12. The summed E-state index contributed by atoms with van der Waals surface area (Å²) >= 11 is 7.15. The molecular formula is C15H11ClF3N3OS. The van der Waals surface area contributed by atoms with E-state index < -0.39 is 11.7 Å². The van der Waals surface area contributed by atoms with Gasteiger partial charge in [-0.2, -0.15) is 13.2 Å². The predicted octanol–water partition coefficient (Wildman–Crippen LogP) is 4.70. The molecule has 0 amide bonds. The number of aromatic nitrogens is 3. The van der Waals surface area contributed by atoms with E-state index in [1.807, 2.05) is 24.3 Å². The molecule has 0 saturated heterocycles. The van der Waals surface area contributed by atoms with Crippen molar-refractivity contribution >= 4 is 29.0 Å². The highest BCUT2D eigenvalue weighted by Crippen LogP contribution is 2.33. The number of thioether (sulfide) groups is 1. The minimum atomic E-state index is -4.49. The van der Waals surface area contributed by atoms with Crippen molar-refractivity contribution in [1.82, 2.24) is 14.6 Å². The van der Waals surface area contributed by atoms with Gasteiger partial charge in [0.25, 0.3) is 0 Å². The number of rotatable bonds is 4. The van der Waals surface area contributed by atoms with Crippen molar-refractivity contribution in [3.05, 3.63) is 52.7 Å². The third-order valence-corrected chi connectivity index (χ3v) is 4.55. The van der Waals surface area contributed by atoms with Gasteiger partial charge in [-0.15, -0.1) is 10.2 Å². The maximum absolute atomic E-state index is 12.9. The zero-order valence-corrected chi connectivity index (χ0v) is 13.9. The number of hydrogen-bond acceptors (Lipinski definition) is 4. The van der Waals surface area contributed by atoms with E-state index in [9.17, 15) is 13.2 Å². The third kappa shape index (κ3) is 3.44. The van der Waals surface area contributed by atoms with Crippen molar-refractivity contribution in [2.45, 2.75) is 17.1 Å². The summed E-state index contributed by atoms with van der Waals surface area (Å²) in [5, 5.41) is 8.03. The highest BCUT2D eigenvalue weighted by Gasteiger charge is 2.32. The van der Waals surface area contributed by atoms with Gasteiger partial charge >= 0.3 is 6.18 Å². The quantitative estimate of drug-likeness (QED) is 0.621. The fourth-order valence-electron chi connectivity index (χ4n) is 2.10. The molecule has 2 heterocycles. The molecule has 0 unspecified atom stereocenters. The second kappa shape index (κ2) is 6.52. The number of ether oxygens (including phenoxy) is 1. The van der Waals surface area contributed by atoms with Crippen molar-refractivity contribution in [1.29, 1.82) is 0 Å². The standard InChI is InChI=1S/C15H11ClF3N3OS/c1-23-11-4-2-3-9(5-11)8-24-14-21-20-13-12(16)6-10(7-22(13)14)15(17,18)19/h2-7H,8H2,1H3. The molecule has 0 N–H and O–H groups in total. The summed E-state index contributed by atoms with van der Waals surface area (Å²) < 4.78 is 45.2. The molecule has 1 aromatic carbocycles. The molecule has 0 atom stereocenters. The molecule has 2 aromatic heterocycles. The Morgan fingerprint density at radius 2 is 2.04 bits per heavy atom. The van der Waals surface area contributed by atoms with Crippen LogP contribution in [0.25, 0.3) is 5.65 Å². The van der Waals surface area contributed by atoms with E-state index in [0.29, 0.717) is 16.7 Å². The predicted molar refractivity (Wildman–Crippen MR) is 85.6 cm³/mol. The number of hydrogen-bond donors (Lipinski definition) is 0. The molecule has 0 saturated carbocycles. The molecule has 0 radical (unpaired) electrons. The van der Waals surface area contributed by atoms with Gasteiger partial charge in [0.2, 0.25) is 0 Å². The van der Waals surface area contributed by atoms with Crippen molar-refractivity contribution in [2.75, 3.05) is 7.11 Å². The van der Waals surface area contributed by atoms with Gasteiger partial charge in [-0.1, -0.05) is 35.5 Å². The van der Waals surface area contributed by atoms with Gasteiger partial charge < -0.3 is 4.74 Å². The first kappa shape index (κ1) is 16.9. The van der Waals surface area contributed by atoms with Crippen LogP contribution in [-0.4, -0.2) is 21.7 Å². The topological polar surface area (TPSA) is 39.4 Å². The lowest BCUT2D eigenvalue weighted by Gasteiger charge is -2.09. The summed E-state index contributed by atoms with van der Waals surface area (Å²) in [6.07, 6.45) is -3.54. The van der Waals surface area contributed by atoms with Crippen molar-refractivity contribution in [3.63, 3.8) is 0 Å². The van der Waals surface area contributed by atoms with Gasteiger partial charge in [0.1, 0.15) is 5.75 Å². The zero-order chi connectivity index (χ0) is 17.3. The van der Waals surface area contributed by atoms with Crippen LogP contribution in [0, 0.1) is 0 Å². The number of halogens is 4. The number of alkyl halides is 3. The first-order valence-electron chi connectivity index (χ1n) is 6.75. The average molecular weight is 374 g/mol. The minimum Gasteiger partial charge on any atom is -0.497 e. The maximum Gasteiger partial charge on any atom is 0.417 e. The number of methoxy groups -OCH3 is 1. The summed E-state index contributed by atoms with van der Waals surface area (Å²) in [6, 6.07) is 8.25. The SMILES string of the molecule is COc1cccc(CSc2nnc3c(Cl)cc(C(F)(F)F)cn23)c1. The van der Waals surface area contributed by atoms with Crippen molar-refractivity contribution in [2.24, 2.45) is 0 Å². The van der Waals surface area contributed by atoms with Crippen LogP contribution in [0.3, 0.4) is 0 Å². The Labute approximate surface area is 144 Å². The summed E-state index contributed by atoms with van der Waals surface area (Å²) in [7, 11) is 1.57. The monoisotopic (exact) mass is 373 g/mol. The van der Waals surface area contributed by atoms with Gasteiger partial charge in [0.05, 0.1) is 17.7 Å². The summed E-state index contributed by atoms with van der Waals surface area (Å²) in [6.45, 7) is 0. The first-order chi connectivity index (χ1) is 11.4. The normalized spacial score (nSPS) is 11.9. The molecule has 126 valence electrons. The largest absolute Gasteiger partial charge is 0.497 e. The van der Waals surface area contributed by atoms with Gasteiger partial charge in [-0.3, -0.25) is 4.40 Å². The van der Waals surface area contributed by atoms with Gasteiger partial charge in [-0.25, -0.2) is 0 Å². The lowest BCUT2D eigenvalue weighted by atomic mass is 10.2. The number of pyridine rings is 1. The molecule has 3 rings (SSSR count). The third-order valence-electron chi connectivity index (χ3n) is 3.26. The molecule has 0 spiro atoms. The second-order valence-corrected chi connectivity index (χ2v) is 6.24.